The molecule has 0 aliphatic heterocycles. The summed E-state index contributed by atoms with van der Waals surface area (Å²) in [4.78, 5) is 11.4. The summed E-state index contributed by atoms with van der Waals surface area (Å²) in [6, 6.07) is 2.96. The summed E-state index contributed by atoms with van der Waals surface area (Å²) >= 11 is 0. The van der Waals surface area contributed by atoms with Gasteiger partial charge in [0.2, 0.25) is 10.0 Å². The first-order valence-electron chi connectivity index (χ1n) is 5.56. The van der Waals surface area contributed by atoms with Crippen molar-refractivity contribution in [2.45, 2.75) is 25.2 Å². The van der Waals surface area contributed by atoms with Gasteiger partial charge in [-0.25, -0.2) is 17.9 Å². The highest BCUT2D eigenvalue weighted by Crippen LogP contribution is 2.19. The van der Waals surface area contributed by atoms with Crippen LogP contribution in [0.1, 0.15) is 20.3 Å². The topological polar surface area (TPSA) is 89.3 Å². The molecule has 0 unspecified atom stereocenters. The van der Waals surface area contributed by atoms with E-state index in [0.717, 1.165) is 18.2 Å². The van der Waals surface area contributed by atoms with Crippen LogP contribution in [-0.4, -0.2) is 14.3 Å². The lowest BCUT2D eigenvalue weighted by Crippen LogP contribution is -2.16. The quantitative estimate of drug-likeness (QED) is 0.827. The molecule has 0 aliphatic rings. The van der Waals surface area contributed by atoms with Crippen molar-refractivity contribution < 1.29 is 17.6 Å². The van der Waals surface area contributed by atoms with Gasteiger partial charge in [-0.15, -0.1) is 0 Å². The van der Waals surface area contributed by atoms with Gasteiger partial charge in [0.1, 0.15) is 5.82 Å². The molecule has 0 heterocycles. The second-order valence-corrected chi connectivity index (χ2v) is 5.50. The van der Waals surface area contributed by atoms with Gasteiger partial charge in [0.15, 0.2) is 0 Å². The number of amides is 1. The van der Waals surface area contributed by atoms with E-state index >= 15 is 0 Å². The Balaban J connectivity index is 3.08. The minimum Gasteiger partial charge on any atom is -0.320 e. The molecule has 0 aromatic heterocycles. The van der Waals surface area contributed by atoms with Crippen molar-refractivity contribution in [2.24, 2.45) is 5.14 Å². The molecular weight excluding hydrogens is 271 g/mol. The zero-order chi connectivity index (χ0) is 14.6. The molecule has 7 heteroatoms. The Morgan fingerprint density at radius 1 is 1.47 bits per heavy atom. The van der Waals surface area contributed by atoms with Gasteiger partial charge in [-0.3, -0.25) is 4.79 Å². The third-order valence-corrected chi connectivity index (χ3v) is 3.29. The first-order valence-corrected chi connectivity index (χ1v) is 7.10. The van der Waals surface area contributed by atoms with E-state index in [4.69, 9.17) is 5.14 Å². The molecule has 1 rings (SSSR count). The Hall–Kier alpha value is -1.73. The Morgan fingerprint density at radius 3 is 2.63 bits per heavy atom. The van der Waals surface area contributed by atoms with E-state index < -0.39 is 21.7 Å². The van der Waals surface area contributed by atoms with E-state index in [9.17, 15) is 17.6 Å². The average molecular weight is 286 g/mol. The Morgan fingerprint density at radius 2 is 2.11 bits per heavy atom. The highest BCUT2D eigenvalue weighted by molar-refractivity contribution is 7.89. The highest BCUT2D eigenvalue weighted by atomic mass is 32.2. The molecule has 0 saturated heterocycles. The number of halogens is 1. The fraction of sp³-hybridized carbons (Fsp3) is 0.250. The zero-order valence-corrected chi connectivity index (χ0v) is 11.4. The smallest absolute Gasteiger partial charge is 0.251 e. The van der Waals surface area contributed by atoms with Gasteiger partial charge >= 0.3 is 0 Å². The van der Waals surface area contributed by atoms with E-state index in [2.05, 4.69) is 5.32 Å². The minimum absolute atomic E-state index is 0.222. The van der Waals surface area contributed by atoms with E-state index in [1.165, 1.54) is 0 Å². The van der Waals surface area contributed by atoms with Gasteiger partial charge < -0.3 is 5.32 Å². The van der Waals surface area contributed by atoms with E-state index in [1.807, 2.05) is 6.92 Å². The molecule has 0 radical (unpaired) electrons. The van der Waals surface area contributed by atoms with Gasteiger partial charge in [0.25, 0.3) is 5.91 Å². The number of hydrogen-bond donors (Lipinski definition) is 2. The van der Waals surface area contributed by atoms with Crippen LogP contribution in [0.2, 0.25) is 0 Å². The van der Waals surface area contributed by atoms with Crippen molar-refractivity contribution in [2.75, 3.05) is 5.32 Å². The first-order chi connectivity index (χ1) is 8.75. The number of primary sulfonamides is 1. The maximum Gasteiger partial charge on any atom is 0.251 e. The standard InChI is InChI=1S/C12H15FN2O3S/c1-3-4-8(2)12(16)15-11-7-9(19(14,17)18)5-6-10(11)13/h4-7H,3H2,1-2H3,(H,15,16)(H2,14,17,18)/b8-4-. The molecule has 0 saturated carbocycles. The molecule has 1 aromatic rings. The second kappa shape index (κ2) is 5.94. The van der Waals surface area contributed by atoms with Gasteiger partial charge in [-0.1, -0.05) is 13.0 Å². The molecule has 0 fully saturated rings. The number of nitrogens with two attached hydrogens (primary N) is 1. The lowest BCUT2D eigenvalue weighted by atomic mass is 10.2. The molecule has 1 aromatic carbocycles. The largest absolute Gasteiger partial charge is 0.320 e. The molecule has 5 nitrogen and oxygen atoms in total. The molecular formula is C12H15FN2O3S. The monoisotopic (exact) mass is 286 g/mol. The molecule has 19 heavy (non-hydrogen) atoms. The predicted octanol–water partition coefficient (Wildman–Crippen LogP) is 1.77. The van der Waals surface area contributed by atoms with Crippen molar-refractivity contribution in [1.29, 1.82) is 0 Å². The lowest BCUT2D eigenvalue weighted by Gasteiger charge is -2.08. The van der Waals surface area contributed by atoms with E-state index in [0.29, 0.717) is 12.0 Å². The summed E-state index contributed by atoms with van der Waals surface area (Å²) in [5.74, 6) is -1.22. The normalized spacial score (nSPS) is 12.3. The number of allylic oxidation sites excluding steroid dienone is 1. The third kappa shape index (κ3) is 4.15. The van der Waals surface area contributed by atoms with Gasteiger partial charge in [0.05, 0.1) is 10.6 Å². The fourth-order valence-corrected chi connectivity index (χ4v) is 1.94. The van der Waals surface area contributed by atoms with Crippen LogP contribution in [0.3, 0.4) is 0 Å². The van der Waals surface area contributed by atoms with Crippen molar-refractivity contribution >= 4 is 21.6 Å². The maximum absolute atomic E-state index is 13.5. The van der Waals surface area contributed by atoms with Crippen LogP contribution in [0.25, 0.3) is 0 Å². The maximum atomic E-state index is 13.5. The summed E-state index contributed by atoms with van der Waals surface area (Å²) < 4.78 is 35.8. The summed E-state index contributed by atoms with van der Waals surface area (Å²) in [7, 11) is -3.94. The number of sulfonamides is 1. The van der Waals surface area contributed by atoms with Crippen LogP contribution in [0.4, 0.5) is 10.1 Å². The summed E-state index contributed by atoms with van der Waals surface area (Å²) in [5.41, 5.74) is 0.197. The molecule has 0 spiro atoms. The van der Waals surface area contributed by atoms with Crippen molar-refractivity contribution in [3.05, 3.63) is 35.7 Å². The van der Waals surface area contributed by atoms with Crippen molar-refractivity contribution in [3.63, 3.8) is 0 Å². The number of benzene rings is 1. The number of anilines is 1. The molecule has 0 aliphatic carbocycles. The van der Waals surface area contributed by atoms with Crippen LogP contribution in [0.5, 0.6) is 0 Å². The van der Waals surface area contributed by atoms with Crippen LogP contribution in [0.15, 0.2) is 34.7 Å². The Labute approximate surface area is 111 Å². The average Bonchev–Trinajstić information content (AvgIpc) is 2.30. The lowest BCUT2D eigenvalue weighted by molar-refractivity contribution is -0.112. The van der Waals surface area contributed by atoms with Crippen molar-refractivity contribution in [1.82, 2.24) is 0 Å². The number of carbonyl (C=O) groups is 1. The fourth-order valence-electron chi connectivity index (χ4n) is 1.40. The summed E-state index contributed by atoms with van der Waals surface area (Å²) in [5, 5.41) is 7.24. The van der Waals surface area contributed by atoms with Crippen molar-refractivity contribution in [3.8, 4) is 0 Å². The third-order valence-electron chi connectivity index (χ3n) is 2.38. The first kappa shape index (κ1) is 15.3. The van der Waals surface area contributed by atoms with Crippen LogP contribution < -0.4 is 10.5 Å². The van der Waals surface area contributed by atoms with E-state index in [-0.39, 0.29) is 10.6 Å². The molecule has 0 atom stereocenters. The molecule has 3 N–H and O–H groups in total. The van der Waals surface area contributed by atoms with Crippen LogP contribution in [0, 0.1) is 5.82 Å². The SMILES string of the molecule is CC/C=C(/C)C(=O)Nc1cc(S(N)(=O)=O)ccc1F. The number of nitrogens with one attached hydrogen (secondary N) is 1. The van der Waals surface area contributed by atoms with Crippen LogP contribution in [-0.2, 0) is 14.8 Å². The van der Waals surface area contributed by atoms with Gasteiger partial charge in [0, 0.05) is 5.57 Å². The van der Waals surface area contributed by atoms with Crippen LogP contribution >= 0.6 is 0 Å². The minimum atomic E-state index is -3.94. The zero-order valence-electron chi connectivity index (χ0n) is 10.6. The molecule has 104 valence electrons. The number of rotatable bonds is 4. The number of carbonyl (C=O) groups excluding carboxylic acids is 1. The summed E-state index contributed by atoms with van der Waals surface area (Å²) in [6.45, 7) is 3.44. The number of hydrogen-bond acceptors (Lipinski definition) is 3. The molecule has 1 amide bonds. The Kier molecular flexibility index (Phi) is 4.79. The second-order valence-electron chi connectivity index (χ2n) is 3.94. The Bertz CT molecular complexity index is 624. The molecule has 0 bridgehead atoms. The summed E-state index contributed by atoms with van der Waals surface area (Å²) in [6.07, 6.45) is 2.34. The predicted molar refractivity (Wildman–Crippen MR) is 70.5 cm³/mol. The van der Waals surface area contributed by atoms with E-state index in [1.54, 1.807) is 13.0 Å². The van der Waals surface area contributed by atoms with Gasteiger partial charge in [-0.05, 0) is 31.5 Å². The van der Waals surface area contributed by atoms with Gasteiger partial charge in [-0.2, -0.15) is 0 Å². The highest BCUT2D eigenvalue weighted by Gasteiger charge is 2.13.